The summed E-state index contributed by atoms with van der Waals surface area (Å²) in [6.45, 7) is 0. The van der Waals surface area contributed by atoms with Crippen molar-refractivity contribution in [2.24, 2.45) is 0 Å². The maximum atomic E-state index is 13.7. The van der Waals surface area contributed by atoms with E-state index < -0.39 is 43.6 Å². The number of aromatic nitrogens is 1. The van der Waals surface area contributed by atoms with Crippen LogP contribution in [-0.4, -0.2) is 24.9 Å². The third-order valence-corrected chi connectivity index (χ3v) is 4.84. The molecule has 0 amide bonds. The molecular formula is C13H9BrF2N2O3S. The van der Waals surface area contributed by atoms with Crippen molar-refractivity contribution in [1.29, 1.82) is 0 Å². The average Bonchev–Trinajstić information content (AvgIpc) is 2.44. The predicted octanol–water partition coefficient (Wildman–Crippen LogP) is 2.36. The molecule has 116 valence electrons. The Balaban J connectivity index is 2.35. The molecule has 0 bridgehead atoms. The van der Waals surface area contributed by atoms with Crippen LogP contribution in [0.2, 0.25) is 0 Å². The normalized spacial score (nSPS) is 11.4. The first-order chi connectivity index (χ1) is 10.2. The van der Waals surface area contributed by atoms with Crippen molar-refractivity contribution in [3.05, 3.63) is 52.0 Å². The molecule has 0 aliphatic heterocycles. The Morgan fingerprint density at radius 2 is 1.86 bits per heavy atom. The number of hydrogen-bond donors (Lipinski definition) is 1. The number of nitrogen functional groups attached to an aromatic ring is 1. The van der Waals surface area contributed by atoms with Gasteiger partial charge in [0.1, 0.15) is 11.6 Å². The molecular weight excluding hydrogens is 382 g/mol. The fourth-order valence-electron chi connectivity index (χ4n) is 1.67. The van der Waals surface area contributed by atoms with Crippen molar-refractivity contribution in [2.45, 2.75) is 5.03 Å². The molecule has 0 radical (unpaired) electrons. The largest absolute Gasteiger partial charge is 0.384 e. The van der Waals surface area contributed by atoms with Crippen LogP contribution in [0.25, 0.3) is 0 Å². The van der Waals surface area contributed by atoms with Crippen molar-refractivity contribution >= 4 is 37.4 Å². The SMILES string of the molecule is Nc1cccc(S(=O)(=O)CC(=O)c2ccc(Br)c(F)c2F)n1. The molecule has 2 N–H and O–H groups in total. The lowest BCUT2D eigenvalue weighted by Crippen LogP contribution is -2.19. The second kappa shape index (κ2) is 6.09. The second-order valence-corrected chi connectivity index (χ2v) is 7.10. The van der Waals surface area contributed by atoms with Crippen LogP contribution in [0.1, 0.15) is 10.4 Å². The molecule has 1 aromatic carbocycles. The van der Waals surface area contributed by atoms with E-state index in [9.17, 15) is 22.0 Å². The van der Waals surface area contributed by atoms with Gasteiger partial charge in [0.15, 0.2) is 22.4 Å². The first-order valence-electron chi connectivity index (χ1n) is 5.84. The molecule has 0 saturated carbocycles. The van der Waals surface area contributed by atoms with E-state index in [0.29, 0.717) is 0 Å². The molecule has 1 aromatic heterocycles. The summed E-state index contributed by atoms with van der Waals surface area (Å²) >= 11 is 2.77. The van der Waals surface area contributed by atoms with E-state index in [1.54, 1.807) is 0 Å². The average molecular weight is 391 g/mol. The van der Waals surface area contributed by atoms with Gasteiger partial charge in [-0.15, -0.1) is 0 Å². The molecule has 22 heavy (non-hydrogen) atoms. The van der Waals surface area contributed by atoms with Crippen LogP contribution in [0.4, 0.5) is 14.6 Å². The second-order valence-electron chi connectivity index (χ2n) is 4.31. The molecule has 0 aliphatic carbocycles. The number of Topliss-reactive ketones (excluding diaryl/α,β-unsaturated/α-hetero) is 1. The fraction of sp³-hybridized carbons (Fsp3) is 0.0769. The quantitative estimate of drug-likeness (QED) is 0.639. The molecule has 0 aliphatic rings. The highest BCUT2D eigenvalue weighted by Gasteiger charge is 2.25. The minimum Gasteiger partial charge on any atom is -0.384 e. The number of halogens is 3. The Kier molecular flexibility index (Phi) is 4.57. The lowest BCUT2D eigenvalue weighted by molar-refractivity contribution is 0.101. The molecule has 2 rings (SSSR count). The number of hydrogen-bond acceptors (Lipinski definition) is 5. The summed E-state index contributed by atoms with van der Waals surface area (Å²) in [4.78, 5) is 15.6. The van der Waals surface area contributed by atoms with Crippen LogP contribution in [0.5, 0.6) is 0 Å². The number of rotatable bonds is 4. The molecule has 0 atom stereocenters. The van der Waals surface area contributed by atoms with Crippen molar-refractivity contribution in [3.8, 4) is 0 Å². The summed E-state index contributed by atoms with van der Waals surface area (Å²) in [5.41, 5.74) is 4.74. The van der Waals surface area contributed by atoms with E-state index in [-0.39, 0.29) is 10.3 Å². The van der Waals surface area contributed by atoms with Gasteiger partial charge in [0.25, 0.3) is 0 Å². The summed E-state index contributed by atoms with van der Waals surface area (Å²) in [6.07, 6.45) is 0. The van der Waals surface area contributed by atoms with Crippen LogP contribution < -0.4 is 5.73 Å². The van der Waals surface area contributed by atoms with E-state index in [1.807, 2.05) is 0 Å². The fourth-order valence-corrected chi connectivity index (χ4v) is 3.15. The number of ketones is 1. The standard InChI is InChI=1S/C13H9BrF2N2O3S/c14-8-5-4-7(12(15)13(8)16)9(19)6-22(20,21)11-3-1-2-10(17)18-11/h1-5H,6H2,(H2,17,18). The first kappa shape index (κ1) is 16.5. The van der Waals surface area contributed by atoms with Crippen molar-refractivity contribution in [3.63, 3.8) is 0 Å². The Labute approximate surface area is 133 Å². The smallest absolute Gasteiger partial charge is 0.203 e. The number of sulfone groups is 1. The zero-order chi connectivity index (χ0) is 16.5. The van der Waals surface area contributed by atoms with Gasteiger partial charge in [0, 0.05) is 0 Å². The van der Waals surface area contributed by atoms with E-state index >= 15 is 0 Å². The van der Waals surface area contributed by atoms with Crippen LogP contribution in [0, 0.1) is 11.6 Å². The summed E-state index contributed by atoms with van der Waals surface area (Å²) in [5.74, 6) is -4.82. The van der Waals surface area contributed by atoms with Gasteiger partial charge in [-0.1, -0.05) is 6.07 Å². The molecule has 1 heterocycles. The number of carbonyl (C=O) groups is 1. The van der Waals surface area contributed by atoms with Gasteiger partial charge in [-0.25, -0.2) is 22.2 Å². The molecule has 0 fully saturated rings. The first-order valence-corrected chi connectivity index (χ1v) is 8.29. The molecule has 0 unspecified atom stereocenters. The minimum absolute atomic E-state index is 0.0330. The topological polar surface area (TPSA) is 90.1 Å². The Bertz CT molecular complexity index is 856. The van der Waals surface area contributed by atoms with Gasteiger partial charge in [0.2, 0.25) is 9.84 Å². The number of nitrogens with two attached hydrogens (primary N) is 1. The third kappa shape index (κ3) is 3.30. The maximum absolute atomic E-state index is 13.7. The van der Waals surface area contributed by atoms with E-state index in [4.69, 9.17) is 5.73 Å². The van der Waals surface area contributed by atoms with Crippen LogP contribution in [-0.2, 0) is 9.84 Å². The number of anilines is 1. The molecule has 0 saturated heterocycles. The number of pyridine rings is 1. The third-order valence-electron chi connectivity index (χ3n) is 2.72. The van der Waals surface area contributed by atoms with Gasteiger partial charge in [0.05, 0.1) is 10.0 Å². The highest BCUT2D eigenvalue weighted by molar-refractivity contribution is 9.10. The molecule has 9 heteroatoms. The van der Waals surface area contributed by atoms with Gasteiger partial charge in [-0.2, -0.15) is 0 Å². The highest BCUT2D eigenvalue weighted by atomic mass is 79.9. The highest BCUT2D eigenvalue weighted by Crippen LogP contribution is 2.22. The van der Waals surface area contributed by atoms with Crippen LogP contribution in [0.3, 0.4) is 0 Å². The number of carbonyl (C=O) groups excluding carboxylic acids is 1. The molecule has 2 aromatic rings. The Hall–Kier alpha value is -1.87. The summed E-state index contributed by atoms with van der Waals surface area (Å²) < 4.78 is 51.1. The molecule has 5 nitrogen and oxygen atoms in total. The zero-order valence-corrected chi connectivity index (χ0v) is 13.3. The maximum Gasteiger partial charge on any atom is 0.203 e. The summed E-state index contributed by atoms with van der Waals surface area (Å²) in [5, 5.41) is -0.404. The predicted molar refractivity (Wildman–Crippen MR) is 79.1 cm³/mol. The van der Waals surface area contributed by atoms with Gasteiger partial charge in [-0.3, -0.25) is 4.79 Å². The number of benzene rings is 1. The van der Waals surface area contributed by atoms with Gasteiger partial charge in [-0.05, 0) is 40.2 Å². The minimum atomic E-state index is -4.11. The van der Waals surface area contributed by atoms with Crippen molar-refractivity contribution in [1.82, 2.24) is 4.98 Å². The zero-order valence-electron chi connectivity index (χ0n) is 10.9. The van der Waals surface area contributed by atoms with Gasteiger partial charge >= 0.3 is 0 Å². The van der Waals surface area contributed by atoms with Crippen molar-refractivity contribution in [2.75, 3.05) is 11.5 Å². The number of nitrogens with zero attached hydrogens (tertiary/aromatic N) is 1. The van der Waals surface area contributed by atoms with E-state index in [2.05, 4.69) is 20.9 Å². The van der Waals surface area contributed by atoms with Gasteiger partial charge < -0.3 is 5.73 Å². The Morgan fingerprint density at radius 1 is 1.18 bits per heavy atom. The lowest BCUT2D eigenvalue weighted by Gasteiger charge is -2.06. The monoisotopic (exact) mass is 390 g/mol. The Morgan fingerprint density at radius 3 is 2.50 bits per heavy atom. The summed E-state index contributed by atoms with van der Waals surface area (Å²) in [7, 11) is -4.11. The molecule has 0 spiro atoms. The van der Waals surface area contributed by atoms with E-state index in [0.717, 1.165) is 18.2 Å². The van der Waals surface area contributed by atoms with Crippen LogP contribution >= 0.6 is 15.9 Å². The lowest BCUT2D eigenvalue weighted by atomic mass is 10.1. The van der Waals surface area contributed by atoms with E-state index in [1.165, 1.54) is 12.1 Å². The summed E-state index contributed by atoms with van der Waals surface area (Å²) in [6, 6.07) is 6.03. The van der Waals surface area contributed by atoms with Crippen LogP contribution in [0.15, 0.2) is 39.8 Å². The van der Waals surface area contributed by atoms with Crippen molar-refractivity contribution < 1.29 is 22.0 Å².